The summed E-state index contributed by atoms with van der Waals surface area (Å²) in [5, 5.41) is 6.39. The first-order valence-corrected chi connectivity index (χ1v) is 9.01. The lowest BCUT2D eigenvalue weighted by Gasteiger charge is -2.31. The fraction of sp³-hybridized carbons (Fsp3) is 0.579. The van der Waals surface area contributed by atoms with Crippen molar-refractivity contribution >= 4 is 17.7 Å². The van der Waals surface area contributed by atoms with E-state index in [0.29, 0.717) is 32.7 Å². The zero-order valence-electron chi connectivity index (χ0n) is 15.4. The molecular formula is C19H29N3O3. The van der Waals surface area contributed by atoms with Crippen LogP contribution in [0.2, 0.25) is 0 Å². The highest BCUT2D eigenvalue weighted by atomic mass is 16.6. The van der Waals surface area contributed by atoms with Gasteiger partial charge in [0.15, 0.2) is 0 Å². The molecule has 2 rings (SSSR count). The van der Waals surface area contributed by atoms with E-state index in [-0.39, 0.29) is 18.0 Å². The zero-order valence-corrected chi connectivity index (χ0v) is 15.4. The molecule has 1 fully saturated rings. The summed E-state index contributed by atoms with van der Waals surface area (Å²) in [6, 6.07) is 6.39. The third-order valence-electron chi connectivity index (χ3n) is 4.45. The molecule has 0 radical (unpaired) electrons. The number of likely N-dealkylation sites (tertiary alicyclic amines) is 1. The van der Waals surface area contributed by atoms with Gasteiger partial charge in [0.2, 0.25) is 5.91 Å². The van der Waals surface area contributed by atoms with Gasteiger partial charge in [-0.1, -0.05) is 12.1 Å². The molecule has 25 heavy (non-hydrogen) atoms. The third-order valence-corrected chi connectivity index (χ3v) is 4.45. The first kappa shape index (κ1) is 19.1. The number of carbonyl (C=O) groups excluding carboxylic acids is 2. The minimum Gasteiger partial charge on any atom is -0.450 e. The predicted molar refractivity (Wildman–Crippen MR) is 98.8 cm³/mol. The Morgan fingerprint density at radius 2 is 1.96 bits per heavy atom. The molecule has 0 spiro atoms. The van der Waals surface area contributed by atoms with Crippen molar-refractivity contribution in [3.8, 4) is 0 Å². The Morgan fingerprint density at radius 1 is 1.24 bits per heavy atom. The van der Waals surface area contributed by atoms with Crippen molar-refractivity contribution in [2.24, 2.45) is 0 Å². The number of carbonyl (C=O) groups is 2. The lowest BCUT2D eigenvalue weighted by molar-refractivity contribution is -0.121. The molecule has 1 aromatic carbocycles. The van der Waals surface area contributed by atoms with Crippen molar-refractivity contribution in [3.05, 3.63) is 29.3 Å². The molecule has 0 saturated carbocycles. The van der Waals surface area contributed by atoms with Crippen LogP contribution in [-0.2, 0) is 9.53 Å². The average molecular weight is 347 g/mol. The second-order valence-electron chi connectivity index (χ2n) is 6.52. The average Bonchev–Trinajstić information content (AvgIpc) is 2.59. The van der Waals surface area contributed by atoms with Crippen molar-refractivity contribution in [3.63, 3.8) is 0 Å². The number of amides is 2. The molecule has 1 heterocycles. The van der Waals surface area contributed by atoms with Gasteiger partial charge in [-0.05, 0) is 50.8 Å². The first-order chi connectivity index (χ1) is 12.0. The normalized spacial score (nSPS) is 14.9. The van der Waals surface area contributed by atoms with Crippen molar-refractivity contribution < 1.29 is 14.3 Å². The molecule has 1 aliphatic rings. The van der Waals surface area contributed by atoms with E-state index in [2.05, 4.69) is 42.7 Å². The van der Waals surface area contributed by atoms with Gasteiger partial charge in [-0.25, -0.2) is 4.79 Å². The number of piperidine rings is 1. The fourth-order valence-corrected chi connectivity index (χ4v) is 2.96. The summed E-state index contributed by atoms with van der Waals surface area (Å²) in [7, 11) is 0. The maximum atomic E-state index is 12.1. The summed E-state index contributed by atoms with van der Waals surface area (Å²) in [5.74, 6) is 0.0485. The van der Waals surface area contributed by atoms with Crippen molar-refractivity contribution in [1.29, 1.82) is 0 Å². The summed E-state index contributed by atoms with van der Waals surface area (Å²) >= 11 is 0. The van der Waals surface area contributed by atoms with Crippen LogP contribution in [0.15, 0.2) is 18.2 Å². The number of benzene rings is 1. The first-order valence-electron chi connectivity index (χ1n) is 9.01. The quantitative estimate of drug-likeness (QED) is 0.830. The smallest absolute Gasteiger partial charge is 0.409 e. The van der Waals surface area contributed by atoms with Crippen molar-refractivity contribution in [1.82, 2.24) is 10.2 Å². The van der Waals surface area contributed by atoms with Crippen LogP contribution < -0.4 is 10.6 Å². The van der Waals surface area contributed by atoms with E-state index in [1.54, 1.807) is 11.8 Å². The predicted octanol–water partition coefficient (Wildman–Crippen LogP) is 2.84. The van der Waals surface area contributed by atoms with Crippen LogP contribution in [0.5, 0.6) is 0 Å². The topological polar surface area (TPSA) is 70.7 Å². The monoisotopic (exact) mass is 347 g/mol. The summed E-state index contributed by atoms with van der Waals surface area (Å²) in [4.78, 5) is 25.5. The van der Waals surface area contributed by atoms with E-state index in [1.807, 2.05) is 0 Å². The van der Waals surface area contributed by atoms with Gasteiger partial charge >= 0.3 is 6.09 Å². The molecule has 6 nitrogen and oxygen atoms in total. The highest BCUT2D eigenvalue weighted by Gasteiger charge is 2.24. The Morgan fingerprint density at radius 3 is 2.64 bits per heavy atom. The summed E-state index contributed by atoms with van der Waals surface area (Å²) in [5.41, 5.74) is 3.46. The fourth-order valence-electron chi connectivity index (χ4n) is 2.96. The Hall–Kier alpha value is -2.24. The number of anilines is 1. The van der Waals surface area contributed by atoms with E-state index in [1.165, 1.54) is 11.1 Å². The molecular weight excluding hydrogens is 318 g/mol. The lowest BCUT2D eigenvalue weighted by Crippen LogP contribution is -2.46. The molecule has 1 aliphatic heterocycles. The summed E-state index contributed by atoms with van der Waals surface area (Å²) in [6.45, 7) is 8.17. The number of rotatable bonds is 6. The standard InChI is InChI=1S/C19H29N3O3/c1-4-25-19(24)22-11-8-16(9-12-22)21-18(23)7-10-20-17-13-14(2)5-6-15(17)3/h5-6,13,16,20H,4,7-12H2,1-3H3,(H,21,23). The number of hydrogen-bond donors (Lipinski definition) is 2. The van der Waals surface area contributed by atoms with Crippen molar-refractivity contribution in [2.75, 3.05) is 31.6 Å². The second-order valence-corrected chi connectivity index (χ2v) is 6.52. The van der Waals surface area contributed by atoms with E-state index in [9.17, 15) is 9.59 Å². The van der Waals surface area contributed by atoms with Gasteiger partial charge in [0.1, 0.15) is 0 Å². The Labute approximate surface area is 149 Å². The van der Waals surface area contributed by atoms with Gasteiger partial charge in [-0.3, -0.25) is 4.79 Å². The maximum Gasteiger partial charge on any atom is 0.409 e. The van der Waals surface area contributed by atoms with Crippen LogP contribution in [0.25, 0.3) is 0 Å². The van der Waals surface area contributed by atoms with Gasteiger partial charge in [0.05, 0.1) is 6.61 Å². The summed E-state index contributed by atoms with van der Waals surface area (Å²) in [6.07, 6.45) is 1.72. The SMILES string of the molecule is CCOC(=O)N1CCC(NC(=O)CCNc2cc(C)ccc2C)CC1. The third kappa shape index (κ3) is 5.96. The Kier molecular flexibility index (Phi) is 7.10. The molecule has 138 valence electrons. The van der Waals surface area contributed by atoms with E-state index in [4.69, 9.17) is 4.74 Å². The second kappa shape index (κ2) is 9.30. The largest absolute Gasteiger partial charge is 0.450 e. The van der Waals surface area contributed by atoms with Crippen LogP contribution in [0.3, 0.4) is 0 Å². The van der Waals surface area contributed by atoms with Gasteiger partial charge in [0, 0.05) is 37.8 Å². The van der Waals surface area contributed by atoms with Gasteiger partial charge in [-0.15, -0.1) is 0 Å². The van der Waals surface area contributed by atoms with Gasteiger partial charge < -0.3 is 20.3 Å². The lowest BCUT2D eigenvalue weighted by atomic mass is 10.1. The highest BCUT2D eigenvalue weighted by Crippen LogP contribution is 2.16. The van der Waals surface area contributed by atoms with Crippen molar-refractivity contribution in [2.45, 2.75) is 46.1 Å². The minimum atomic E-state index is -0.259. The molecule has 6 heteroatoms. The molecule has 1 saturated heterocycles. The van der Waals surface area contributed by atoms with Gasteiger partial charge in [0.25, 0.3) is 0 Å². The summed E-state index contributed by atoms with van der Waals surface area (Å²) < 4.78 is 5.00. The molecule has 2 amide bonds. The van der Waals surface area contributed by atoms with E-state index in [0.717, 1.165) is 18.5 Å². The molecule has 1 aromatic rings. The molecule has 0 atom stereocenters. The number of hydrogen-bond acceptors (Lipinski definition) is 4. The van der Waals surface area contributed by atoms with E-state index < -0.39 is 0 Å². The zero-order chi connectivity index (χ0) is 18.2. The van der Waals surface area contributed by atoms with Crippen LogP contribution in [0, 0.1) is 13.8 Å². The number of ether oxygens (including phenoxy) is 1. The molecule has 0 aliphatic carbocycles. The van der Waals surface area contributed by atoms with Crippen LogP contribution >= 0.6 is 0 Å². The number of nitrogens with one attached hydrogen (secondary N) is 2. The Bertz CT molecular complexity index is 596. The van der Waals surface area contributed by atoms with Crippen LogP contribution in [0.1, 0.15) is 37.3 Å². The van der Waals surface area contributed by atoms with Crippen LogP contribution in [-0.4, -0.2) is 49.2 Å². The number of aryl methyl sites for hydroxylation is 2. The maximum absolute atomic E-state index is 12.1. The number of nitrogens with zero attached hydrogens (tertiary/aromatic N) is 1. The molecule has 2 N–H and O–H groups in total. The molecule has 0 aromatic heterocycles. The van der Waals surface area contributed by atoms with E-state index >= 15 is 0 Å². The van der Waals surface area contributed by atoms with Crippen LogP contribution in [0.4, 0.5) is 10.5 Å². The highest BCUT2D eigenvalue weighted by molar-refractivity contribution is 5.77. The minimum absolute atomic E-state index is 0.0485. The molecule has 0 bridgehead atoms. The molecule has 0 unspecified atom stereocenters. The Balaban J connectivity index is 1.67. The van der Waals surface area contributed by atoms with Gasteiger partial charge in [-0.2, -0.15) is 0 Å².